The monoisotopic (exact) mass is 361 g/mol. The summed E-state index contributed by atoms with van der Waals surface area (Å²) in [5.74, 6) is 0.799. The van der Waals surface area contributed by atoms with Crippen LogP contribution in [0.15, 0.2) is 36.5 Å². The molecule has 3 aliphatic rings. The number of aromatic nitrogens is 4. The van der Waals surface area contributed by atoms with E-state index >= 15 is 0 Å². The van der Waals surface area contributed by atoms with Crippen LogP contribution in [0.5, 0.6) is 0 Å². The van der Waals surface area contributed by atoms with Gasteiger partial charge in [0.05, 0.1) is 23.6 Å². The van der Waals surface area contributed by atoms with Crippen molar-refractivity contribution in [2.75, 3.05) is 5.32 Å². The molecule has 4 N–H and O–H groups in total. The number of nitrogens with one attached hydrogen (secondary N) is 4. The number of aryl methyl sites for hydroxylation is 2. The van der Waals surface area contributed by atoms with Crippen LogP contribution in [-0.4, -0.2) is 32.4 Å². The second-order valence-corrected chi connectivity index (χ2v) is 7.52. The topological polar surface area (TPSA) is 90.5 Å². The maximum absolute atomic E-state index is 4.71. The lowest BCUT2D eigenvalue weighted by molar-refractivity contribution is 0.121. The van der Waals surface area contributed by atoms with Crippen molar-refractivity contribution in [2.45, 2.75) is 44.9 Å². The Morgan fingerprint density at radius 3 is 2.63 bits per heavy atom. The summed E-state index contributed by atoms with van der Waals surface area (Å²) in [4.78, 5) is 9.39. The molecule has 2 bridgehead atoms. The van der Waals surface area contributed by atoms with E-state index in [0.717, 1.165) is 46.3 Å². The number of hydrogen-bond acceptors (Lipinski definition) is 6. The van der Waals surface area contributed by atoms with E-state index < -0.39 is 0 Å². The number of H-pyrrole nitrogens is 1. The third kappa shape index (κ3) is 3.31. The van der Waals surface area contributed by atoms with Crippen LogP contribution in [0.25, 0.3) is 11.3 Å². The minimum Gasteiger partial charge on any atom is -0.339 e. The molecule has 0 aliphatic carbocycles. The fraction of sp³-hybridized carbons (Fsp3) is 0.350. The number of anilines is 2. The Hall–Kier alpha value is -2.77. The van der Waals surface area contributed by atoms with E-state index in [-0.39, 0.29) is 0 Å². The van der Waals surface area contributed by atoms with Crippen LogP contribution < -0.4 is 16.0 Å². The SMILES string of the molecule is Cc1cc(Nc2cc(C)[nH]n2)cc(-c2ccc(C3CC4CC(N4)N3)nc2)n1. The van der Waals surface area contributed by atoms with Gasteiger partial charge in [-0.3, -0.25) is 25.7 Å². The number of rotatable bonds is 4. The first kappa shape index (κ1) is 16.4. The molecule has 3 aromatic rings. The van der Waals surface area contributed by atoms with E-state index in [1.807, 2.05) is 38.2 Å². The van der Waals surface area contributed by atoms with Crippen molar-refractivity contribution >= 4 is 11.5 Å². The summed E-state index contributed by atoms with van der Waals surface area (Å²) in [5.41, 5.74) is 5.97. The third-order valence-electron chi connectivity index (χ3n) is 5.25. The summed E-state index contributed by atoms with van der Waals surface area (Å²) in [6, 6.07) is 11.2. The molecule has 0 aromatic carbocycles. The molecule has 0 amide bonds. The standard InChI is InChI=1S/C20H23N7/c1-11-5-14(24-20-6-12(2)26-27-20)7-17(22-11)13-3-4-16(21-10-13)18-8-15-9-19(23-15)25-18/h3-7,10,15,18-19,23,25H,8-9H2,1-2H3,(H2,22,24,26,27). The minimum absolute atomic E-state index is 0.342. The number of nitrogens with zero attached hydrogens (tertiary/aromatic N) is 3. The van der Waals surface area contributed by atoms with Gasteiger partial charge in [-0.15, -0.1) is 0 Å². The smallest absolute Gasteiger partial charge is 0.152 e. The molecule has 0 saturated carbocycles. The highest BCUT2D eigenvalue weighted by Gasteiger charge is 2.37. The summed E-state index contributed by atoms with van der Waals surface area (Å²) in [7, 11) is 0. The Morgan fingerprint density at radius 1 is 1.07 bits per heavy atom. The van der Waals surface area contributed by atoms with Gasteiger partial charge in [0.15, 0.2) is 5.82 Å². The van der Waals surface area contributed by atoms with Crippen molar-refractivity contribution in [1.29, 1.82) is 0 Å². The van der Waals surface area contributed by atoms with Crippen LogP contribution in [-0.2, 0) is 0 Å². The molecule has 3 atom stereocenters. The molecule has 6 heterocycles. The quantitative estimate of drug-likeness (QED) is 0.571. The number of fused-ring (bicyclic) bond motifs is 2. The summed E-state index contributed by atoms with van der Waals surface area (Å²) in [6.45, 7) is 3.98. The van der Waals surface area contributed by atoms with Gasteiger partial charge in [-0.1, -0.05) is 0 Å². The average Bonchev–Trinajstić information content (AvgIpc) is 3.05. The van der Waals surface area contributed by atoms with Gasteiger partial charge in [0.2, 0.25) is 0 Å². The fourth-order valence-electron chi connectivity index (χ4n) is 3.91. The van der Waals surface area contributed by atoms with Gasteiger partial charge < -0.3 is 5.32 Å². The Balaban J connectivity index is 1.37. The Kier molecular flexibility index (Phi) is 3.91. The van der Waals surface area contributed by atoms with Gasteiger partial charge in [-0.2, -0.15) is 5.10 Å². The molecule has 3 aromatic heterocycles. The number of pyridine rings is 2. The third-order valence-corrected chi connectivity index (χ3v) is 5.25. The Labute approximate surface area is 158 Å². The predicted molar refractivity (Wildman–Crippen MR) is 105 cm³/mol. The highest BCUT2D eigenvalue weighted by atomic mass is 15.2. The lowest BCUT2D eigenvalue weighted by atomic mass is 9.88. The van der Waals surface area contributed by atoms with E-state index in [2.05, 4.69) is 43.3 Å². The van der Waals surface area contributed by atoms with Crippen molar-refractivity contribution in [1.82, 2.24) is 30.8 Å². The number of aromatic amines is 1. The zero-order valence-corrected chi connectivity index (χ0v) is 15.5. The van der Waals surface area contributed by atoms with Crippen molar-refractivity contribution in [2.24, 2.45) is 0 Å². The second-order valence-electron chi connectivity index (χ2n) is 7.52. The van der Waals surface area contributed by atoms with Crippen LogP contribution in [0.3, 0.4) is 0 Å². The molecule has 7 heteroatoms. The molecule has 3 fully saturated rings. The van der Waals surface area contributed by atoms with Crippen LogP contribution in [0.1, 0.15) is 36.0 Å². The molecule has 3 aliphatic heterocycles. The maximum Gasteiger partial charge on any atom is 0.152 e. The molecule has 0 spiro atoms. The van der Waals surface area contributed by atoms with E-state index in [1.54, 1.807) is 0 Å². The Morgan fingerprint density at radius 2 is 1.96 bits per heavy atom. The highest BCUT2D eigenvalue weighted by molar-refractivity contribution is 5.67. The van der Waals surface area contributed by atoms with Crippen LogP contribution in [0, 0.1) is 13.8 Å². The fourth-order valence-corrected chi connectivity index (χ4v) is 3.91. The normalized spacial score (nSPS) is 23.7. The average molecular weight is 361 g/mol. The van der Waals surface area contributed by atoms with Gasteiger partial charge in [0.1, 0.15) is 0 Å². The predicted octanol–water partition coefficient (Wildman–Crippen LogP) is 2.95. The molecule has 27 heavy (non-hydrogen) atoms. The molecule has 3 saturated heterocycles. The Bertz CT molecular complexity index is 947. The first-order valence-corrected chi connectivity index (χ1v) is 9.38. The zero-order valence-electron chi connectivity index (χ0n) is 15.5. The van der Waals surface area contributed by atoms with Crippen LogP contribution in [0.2, 0.25) is 0 Å². The summed E-state index contributed by atoms with van der Waals surface area (Å²) in [6.07, 6.45) is 4.71. The number of piperidine rings is 1. The minimum atomic E-state index is 0.342. The molecule has 138 valence electrons. The largest absolute Gasteiger partial charge is 0.339 e. The summed E-state index contributed by atoms with van der Waals surface area (Å²) < 4.78 is 0. The van der Waals surface area contributed by atoms with E-state index in [1.165, 1.54) is 6.42 Å². The van der Waals surface area contributed by atoms with E-state index in [0.29, 0.717) is 18.2 Å². The molecule has 7 nitrogen and oxygen atoms in total. The van der Waals surface area contributed by atoms with Crippen molar-refractivity contribution < 1.29 is 0 Å². The van der Waals surface area contributed by atoms with Gasteiger partial charge in [0, 0.05) is 40.9 Å². The molecular formula is C20H23N7. The summed E-state index contributed by atoms with van der Waals surface area (Å²) >= 11 is 0. The lowest BCUT2D eigenvalue weighted by Crippen LogP contribution is -2.65. The molecule has 6 rings (SSSR count). The van der Waals surface area contributed by atoms with E-state index in [4.69, 9.17) is 4.98 Å². The zero-order chi connectivity index (χ0) is 18.4. The van der Waals surface area contributed by atoms with Crippen molar-refractivity contribution in [3.63, 3.8) is 0 Å². The van der Waals surface area contributed by atoms with Gasteiger partial charge in [0.25, 0.3) is 0 Å². The first-order valence-electron chi connectivity index (χ1n) is 9.38. The molecular weight excluding hydrogens is 338 g/mol. The number of hydrogen-bond donors (Lipinski definition) is 4. The first-order chi connectivity index (χ1) is 13.1. The van der Waals surface area contributed by atoms with Crippen molar-refractivity contribution in [3.8, 4) is 11.3 Å². The maximum atomic E-state index is 4.71. The lowest BCUT2D eigenvalue weighted by Gasteiger charge is -2.47. The highest BCUT2D eigenvalue weighted by Crippen LogP contribution is 2.31. The van der Waals surface area contributed by atoms with E-state index in [9.17, 15) is 0 Å². The van der Waals surface area contributed by atoms with Gasteiger partial charge in [-0.25, -0.2) is 0 Å². The van der Waals surface area contributed by atoms with Gasteiger partial charge in [-0.05, 0) is 51.0 Å². The van der Waals surface area contributed by atoms with Crippen LogP contribution >= 0.6 is 0 Å². The summed E-state index contributed by atoms with van der Waals surface area (Å²) in [5, 5.41) is 17.6. The van der Waals surface area contributed by atoms with Crippen molar-refractivity contribution in [3.05, 3.63) is 53.6 Å². The van der Waals surface area contributed by atoms with Crippen LogP contribution in [0.4, 0.5) is 11.5 Å². The molecule has 0 radical (unpaired) electrons. The second kappa shape index (κ2) is 6.44. The molecule has 3 unspecified atom stereocenters. The van der Waals surface area contributed by atoms with Gasteiger partial charge >= 0.3 is 0 Å².